The van der Waals surface area contributed by atoms with Gasteiger partial charge in [-0.2, -0.15) is 4.91 Å². The third-order valence-electron chi connectivity index (χ3n) is 1.80. The van der Waals surface area contributed by atoms with Crippen molar-refractivity contribution in [1.82, 2.24) is 9.97 Å². The second-order valence-corrected chi connectivity index (χ2v) is 2.52. The molecule has 2 rings (SSSR count). The third kappa shape index (κ3) is 0.972. The van der Waals surface area contributed by atoms with Crippen LogP contribution in [-0.4, -0.2) is 9.97 Å². The van der Waals surface area contributed by atoms with Crippen molar-refractivity contribution in [3.8, 4) is 0 Å². The van der Waals surface area contributed by atoms with Crippen LogP contribution in [0.3, 0.4) is 0 Å². The molecule has 4 heteroatoms. The molecule has 0 amide bonds. The van der Waals surface area contributed by atoms with Gasteiger partial charge < -0.3 is 4.98 Å². The van der Waals surface area contributed by atoms with E-state index in [9.17, 15) is 4.91 Å². The molecule has 0 aliphatic heterocycles. The van der Waals surface area contributed by atoms with Gasteiger partial charge in [-0.25, -0.2) is 0 Å². The van der Waals surface area contributed by atoms with Crippen LogP contribution in [0.25, 0.3) is 10.9 Å². The Morgan fingerprint density at radius 3 is 3.33 bits per heavy atom. The van der Waals surface area contributed by atoms with Crippen LogP contribution in [0.4, 0.5) is 0 Å². The van der Waals surface area contributed by atoms with Crippen molar-refractivity contribution in [1.29, 1.82) is 0 Å². The fourth-order valence-corrected chi connectivity index (χ4v) is 1.23. The minimum atomic E-state index is 0.212. The first-order chi connectivity index (χ1) is 5.92. The molecule has 0 fully saturated rings. The number of rotatable bonds is 2. The quantitative estimate of drug-likeness (QED) is 0.683. The van der Waals surface area contributed by atoms with Gasteiger partial charge in [0, 0.05) is 23.3 Å². The summed E-state index contributed by atoms with van der Waals surface area (Å²) in [4.78, 5) is 17.0. The molecule has 0 saturated carbocycles. The van der Waals surface area contributed by atoms with Gasteiger partial charge in [-0.15, -0.1) is 0 Å². The van der Waals surface area contributed by atoms with Crippen molar-refractivity contribution in [2.45, 2.75) is 6.54 Å². The highest BCUT2D eigenvalue weighted by molar-refractivity contribution is 5.82. The predicted octanol–water partition coefficient (Wildman–Crippen LogP) is 1.83. The molecular weight excluding hydrogens is 154 g/mol. The number of nitroso groups, excluding NO2 is 1. The number of nitrogens with zero attached hydrogens (tertiary/aromatic N) is 2. The van der Waals surface area contributed by atoms with Crippen molar-refractivity contribution in [2.24, 2.45) is 5.18 Å². The standard InChI is InChI=1S/C8H7N3O/c12-11-4-6-3-10-8-5-9-2-1-7(6)8/h1-3,5,10H,4H2. The van der Waals surface area contributed by atoms with Crippen LogP contribution < -0.4 is 0 Å². The fraction of sp³-hybridized carbons (Fsp3) is 0.125. The SMILES string of the molecule is O=NCc1c[nH]c2cnccc12. The summed E-state index contributed by atoms with van der Waals surface area (Å²) in [5, 5.41) is 3.86. The summed E-state index contributed by atoms with van der Waals surface area (Å²) in [7, 11) is 0. The average molecular weight is 161 g/mol. The zero-order valence-electron chi connectivity index (χ0n) is 6.32. The van der Waals surface area contributed by atoms with Crippen LogP contribution in [0.1, 0.15) is 5.56 Å². The van der Waals surface area contributed by atoms with Gasteiger partial charge in [0.15, 0.2) is 0 Å². The number of aromatic amines is 1. The second kappa shape index (κ2) is 2.73. The predicted molar refractivity (Wildman–Crippen MR) is 45.6 cm³/mol. The lowest BCUT2D eigenvalue weighted by Crippen LogP contribution is -1.76. The molecule has 4 nitrogen and oxygen atoms in total. The molecule has 2 aromatic heterocycles. The summed E-state index contributed by atoms with van der Waals surface area (Å²) in [6.07, 6.45) is 5.21. The van der Waals surface area contributed by atoms with E-state index in [1.807, 2.05) is 6.07 Å². The molecule has 1 N–H and O–H groups in total. The van der Waals surface area contributed by atoms with E-state index in [0.717, 1.165) is 16.5 Å². The van der Waals surface area contributed by atoms with Crippen molar-refractivity contribution in [3.63, 3.8) is 0 Å². The Morgan fingerprint density at radius 1 is 1.58 bits per heavy atom. The number of hydrogen-bond donors (Lipinski definition) is 1. The molecule has 0 aliphatic carbocycles. The maximum Gasteiger partial charge on any atom is 0.108 e. The Kier molecular flexibility index (Phi) is 1.59. The van der Waals surface area contributed by atoms with Crippen LogP contribution >= 0.6 is 0 Å². The number of H-pyrrole nitrogens is 1. The van der Waals surface area contributed by atoms with Gasteiger partial charge in [0.1, 0.15) is 6.54 Å². The van der Waals surface area contributed by atoms with Crippen molar-refractivity contribution < 1.29 is 0 Å². The normalized spacial score (nSPS) is 10.3. The molecule has 2 heterocycles. The Morgan fingerprint density at radius 2 is 2.50 bits per heavy atom. The minimum Gasteiger partial charge on any atom is -0.360 e. The first-order valence-electron chi connectivity index (χ1n) is 3.61. The molecular formula is C8H7N3O. The van der Waals surface area contributed by atoms with Crippen LogP contribution in [0.2, 0.25) is 0 Å². The monoisotopic (exact) mass is 161 g/mol. The molecule has 0 spiro atoms. The summed E-state index contributed by atoms with van der Waals surface area (Å²) in [6.45, 7) is 0.212. The van der Waals surface area contributed by atoms with Gasteiger partial charge in [-0.3, -0.25) is 4.98 Å². The maximum absolute atomic E-state index is 10.0. The molecule has 60 valence electrons. The van der Waals surface area contributed by atoms with Gasteiger partial charge in [0.25, 0.3) is 0 Å². The molecule has 0 saturated heterocycles. The van der Waals surface area contributed by atoms with Crippen molar-refractivity contribution >= 4 is 10.9 Å². The number of aromatic nitrogens is 2. The Hall–Kier alpha value is -1.71. The van der Waals surface area contributed by atoms with Crippen LogP contribution in [-0.2, 0) is 6.54 Å². The lowest BCUT2D eigenvalue weighted by atomic mass is 10.2. The van der Waals surface area contributed by atoms with Crippen molar-refractivity contribution in [3.05, 3.63) is 35.1 Å². The molecule has 2 aromatic rings. The summed E-state index contributed by atoms with van der Waals surface area (Å²) < 4.78 is 0. The number of pyridine rings is 1. The third-order valence-corrected chi connectivity index (χ3v) is 1.80. The van der Waals surface area contributed by atoms with E-state index in [0.29, 0.717) is 0 Å². The molecule has 0 radical (unpaired) electrons. The van der Waals surface area contributed by atoms with Crippen molar-refractivity contribution in [2.75, 3.05) is 0 Å². The number of nitrogens with one attached hydrogen (secondary N) is 1. The first kappa shape index (κ1) is 6.97. The molecule has 12 heavy (non-hydrogen) atoms. The summed E-state index contributed by atoms with van der Waals surface area (Å²) in [5.41, 5.74) is 1.86. The number of hydrogen-bond acceptors (Lipinski definition) is 3. The number of fused-ring (bicyclic) bond motifs is 1. The van der Waals surface area contributed by atoms with Gasteiger partial charge in [-0.1, -0.05) is 5.18 Å². The Balaban J connectivity index is 2.62. The Bertz CT molecular complexity index is 407. The molecule has 0 unspecified atom stereocenters. The largest absolute Gasteiger partial charge is 0.360 e. The van der Waals surface area contributed by atoms with E-state index in [2.05, 4.69) is 15.1 Å². The fourth-order valence-electron chi connectivity index (χ4n) is 1.23. The highest BCUT2D eigenvalue weighted by Gasteiger charge is 2.01. The zero-order chi connectivity index (χ0) is 8.39. The highest BCUT2D eigenvalue weighted by atomic mass is 16.3. The van der Waals surface area contributed by atoms with Crippen LogP contribution in [0.5, 0.6) is 0 Å². The van der Waals surface area contributed by atoms with E-state index in [-0.39, 0.29) is 6.54 Å². The maximum atomic E-state index is 10.0. The smallest absolute Gasteiger partial charge is 0.108 e. The average Bonchev–Trinajstić information content (AvgIpc) is 2.50. The lowest BCUT2D eigenvalue weighted by molar-refractivity contribution is 1.07. The lowest BCUT2D eigenvalue weighted by Gasteiger charge is -1.89. The summed E-state index contributed by atoms with van der Waals surface area (Å²) >= 11 is 0. The molecule has 0 atom stereocenters. The van der Waals surface area contributed by atoms with Crippen LogP contribution in [0.15, 0.2) is 29.8 Å². The van der Waals surface area contributed by atoms with Gasteiger partial charge >= 0.3 is 0 Å². The first-order valence-corrected chi connectivity index (χ1v) is 3.61. The van der Waals surface area contributed by atoms with E-state index in [1.165, 1.54) is 0 Å². The van der Waals surface area contributed by atoms with E-state index < -0.39 is 0 Å². The van der Waals surface area contributed by atoms with E-state index in [1.54, 1.807) is 18.6 Å². The van der Waals surface area contributed by atoms with E-state index in [4.69, 9.17) is 0 Å². The summed E-state index contributed by atoms with van der Waals surface area (Å²) in [5.74, 6) is 0. The van der Waals surface area contributed by atoms with Gasteiger partial charge in [-0.05, 0) is 6.07 Å². The minimum absolute atomic E-state index is 0.212. The summed E-state index contributed by atoms with van der Waals surface area (Å²) in [6, 6.07) is 1.87. The van der Waals surface area contributed by atoms with Crippen LogP contribution in [0, 0.1) is 4.91 Å². The second-order valence-electron chi connectivity index (χ2n) is 2.52. The topological polar surface area (TPSA) is 58.1 Å². The molecule has 0 aliphatic rings. The Labute approximate surface area is 68.6 Å². The molecule has 0 aromatic carbocycles. The van der Waals surface area contributed by atoms with Gasteiger partial charge in [0.05, 0.1) is 11.7 Å². The molecule has 0 bridgehead atoms. The van der Waals surface area contributed by atoms with E-state index >= 15 is 0 Å². The highest BCUT2D eigenvalue weighted by Crippen LogP contribution is 2.16. The zero-order valence-corrected chi connectivity index (χ0v) is 6.32. The van der Waals surface area contributed by atoms with Gasteiger partial charge in [0.2, 0.25) is 0 Å².